The second-order valence-electron chi connectivity index (χ2n) is 8.06. The molecule has 0 heterocycles. The normalized spacial score (nSPS) is 11.0. The van der Waals surface area contributed by atoms with E-state index in [1.54, 1.807) is 0 Å². The van der Waals surface area contributed by atoms with E-state index in [1.165, 1.54) is 83.5 Å². The van der Waals surface area contributed by atoms with E-state index in [-0.39, 0.29) is 12.2 Å². The van der Waals surface area contributed by atoms with Gasteiger partial charge >= 0.3 is 5.97 Å². The molecule has 0 atom stereocenters. The summed E-state index contributed by atoms with van der Waals surface area (Å²) in [5, 5.41) is 0. The summed E-state index contributed by atoms with van der Waals surface area (Å²) in [7, 11) is 0. The Labute approximate surface area is 176 Å². The third-order valence-corrected chi connectivity index (χ3v) is 5.38. The van der Waals surface area contributed by atoms with Crippen LogP contribution in [-0.4, -0.2) is 12.6 Å². The second-order valence-corrected chi connectivity index (χ2v) is 8.06. The van der Waals surface area contributed by atoms with Crippen LogP contribution < -0.4 is 0 Å². The highest BCUT2D eigenvalue weighted by molar-refractivity contribution is 5.89. The van der Waals surface area contributed by atoms with Gasteiger partial charge in [0.25, 0.3) is 0 Å². The summed E-state index contributed by atoms with van der Waals surface area (Å²) in [5.41, 5.74) is -0.332. The number of carbonyl (C=O) groups excluding carboxylic acids is 1. The van der Waals surface area contributed by atoms with E-state index in [9.17, 15) is 13.6 Å². The molecular weight excluding hydrogens is 370 g/mol. The Bertz CT molecular complexity index is 546. The van der Waals surface area contributed by atoms with Gasteiger partial charge in [-0.15, -0.1) is 0 Å². The number of hydrogen-bond donors (Lipinski definition) is 0. The molecule has 1 aromatic carbocycles. The fourth-order valence-electron chi connectivity index (χ4n) is 3.55. The van der Waals surface area contributed by atoms with Crippen LogP contribution in [0.5, 0.6) is 0 Å². The van der Waals surface area contributed by atoms with E-state index in [1.807, 2.05) is 0 Å². The van der Waals surface area contributed by atoms with Gasteiger partial charge in [-0.25, -0.2) is 13.6 Å². The first-order valence-electron chi connectivity index (χ1n) is 11.8. The highest BCUT2D eigenvalue weighted by atomic mass is 19.1. The molecule has 0 aliphatic carbocycles. The van der Waals surface area contributed by atoms with Gasteiger partial charge in [0.1, 0.15) is 11.6 Å². The van der Waals surface area contributed by atoms with E-state index >= 15 is 0 Å². The summed E-state index contributed by atoms with van der Waals surface area (Å²) >= 11 is 0. The standard InChI is InChI=1S/C25H40F2O2/c1-2-3-4-5-6-7-8-9-10-11-12-13-14-15-16-17-20-29-25(28)23-21-22(26)18-19-24(23)27/h18-19,21H,2-17,20H2,1H3. The molecule has 166 valence electrons. The molecule has 0 fully saturated rings. The smallest absolute Gasteiger partial charge is 0.341 e. The molecule has 0 aliphatic rings. The van der Waals surface area contributed by atoms with Crippen LogP contribution in [0.1, 0.15) is 120 Å². The molecule has 0 spiro atoms. The lowest BCUT2D eigenvalue weighted by Crippen LogP contribution is -2.09. The van der Waals surface area contributed by atoms with E-state index in [2.05, 4.69) is 6.92 Å². The van der Waals surface area contributed by atoms with Crippen molar-refractivity contribution in [3.8, 4) is 0 Å². The van der Waals surface area contributed by atoms with Crippen LogP contribution in [0.25, 0.3) is 0 Å². The molecule has 0 bridgehead atoms. The molecule has 0 saturated carbocycles. The van der Waals surface area contributed by atoms with Crippen LogP contribution in [0.4, 0.5) is 8.78 Å². The zero-order chi connectivity index (χ0) is 21.2. The van der Waals surface area contributed by atoms with Crippen molar-refractivity contribution in [1.82, 2.24) is 0 Å². The largest absolute Gasteiger partial charge is 0.462 e. The molecule has 0 N–H and O–H groups in total. The van der Waals surface area contributed by atoms with E-state index < -0.39 is 17.6 Å². The minimum atomic E-state index is -0.789. The molecule has 0 saturated heterocycles. The third kappa shape index (κ3) is 13.4. The fourth-order valence-corrected chi connectivity index (χ4v) is 3.55. The van der Waals surface area contributed by atoms with Crippen LogP contribution in [-0.2, 0) is 4.74 Å². The van der Waals surface area contributed by atoms with Gasteiger partial charge in [0.15, 0.2) is 0 Å². The van der Waals surface area contributed by atoms with Crippen LogP contribution in [0, 0.1) is 11.6 Å². The zero-order valence-electron chi connectivity index (χ0n) is 18.3. The van der Waals surface area contributed by atoms with E-state index in [4.69, 9.17) is 4.74 Å². The Morgan fingerprint density at radius 2 is 1.17 bits per heavy atom. The SMILES string of the molecule is CCCCCCCCCCCCCCCCCCOC(=O)c1cc(F)ccc1F. The summed E-state index contributed by atoms with van der Waals surface area (Å²) in [6.45, 7) is 2.52. The van der Waals surface area contributed by atoms with E-state index in [0.717, 1.165) is 37.5 Å². The van der Waals surface area contributed by atoms with Gasteiger partial charge in [-0.05, 0) is 24.6 Å². The van der Waals surface area contributed by atoms with Crippen LogP contribution in [0.2, 0.25) is 0 Å². The predicted molar refractivity (Wildman–Crippen MR) is 116 cm³/mol. The summed E-state index contributed by atoms with van der Waals surface area (Å²) in [5.74, 6) is -2.17. The molecular formula is C25H40F2O2. The number of hydrogen-bond acceptors (Lipinski definition) is 2. The highest BCUT2D eigenvalue weighted by Crippen LogP contribution is 2.14. The lowest BCUT2D eigenvalue weighted by molar-refractivity contribution is 0.0491. The Morgan fingerprint density at radius 3 is 1.66 bits per heavy atom. The first-order valence-corrected chi connectivity index (χ1v) is 11.8. The number of ether oxygens (including phenoxy) is 1. The average Bonchev–Trinajstić information content (AvgIpc) is 2.72. The molecule has 0 amide bonds. The fraction of sp³-hybridized carbons (Fsp3) is 0.720. The third-order valence-electron chi connectivity index (χ3n) is 5.38. The second kappa shape index (κ2) is 17.4. The highest BCUT2D eigenvalue weighted by Gasteiger charge is 2.13. The maximum Gasteiger partial charge on any atom is 0.341 e. The van der Waals surface area contributed by atoms with Gasteiger partial charge < -0.3 is 4.74 Å². The predicted octanol–water partition coefficient (Wildman–Crippen LogP) is 8.38. The van der Waals surface area contributed by atoms with Crippen LogP contribution in [0.3, 0.4) is 0 Å². The van der Waals surface area contributed by atoms with E-state index in [0.29, 0.717) is 0 Å². The van der Waals surface area contributed by atoms with Gasteiger partial charge in [-0.3, -0.25) is 0 Å². The summed E-state index contributed by atoms with van der Waals surface area (Å²) < 4.78 is 31.6. The van der Waals surface area contributed by atoms with Crippen molar-refractivity contribution in [2.24, 2.45) is 0 Å². The van der Waals surface area contributed by atoms with Gasteiger partial charge in [-0.1, -0.05) is 103 Å². The van der Waals surface area contributed by atoms with Crippen molar-refractivity contribution in [3.63, 3.8) is 0 Å². The first-order chi connectivity index (χ1) is 14.1. The zero-order valence-corrected chi connectivity index (χ0v) is 18.3. The lowest BCUT2D eigenvalue weighted by atomic mass is 10.0. The number of rotatable bonds is 18. The molecule has 4 heteroatoms. The molecule has 0 aliphatic heterocycles. The number of benzene rings is 1. The topological polar surface area (TPSA) is 26.3 Å². The average molecular weight is 411 g/mol. The lowest BCUT2D eigenvalue weighted by Gasteiger charge is -2.06. The summed E-state index contributed by atoms with van der Waals surface area (Å²) in [6.07, 6.45) is 20.5. The molecule has 1 rings (SSSR count). The monoisotopic (exact) mass is 410 g/mol. The minimum absolute atomic E-state index is 0.257. The number of unbranched alkanes of at least 4 members (excludes halogenated alkanes) is 15. The maximum absolute atomic E-state index is 13.5. The summed E-state index contributed by atoms with van der Waals surface area (Å²) in [6, 6.07) is 2.81. The van der Waals surface area contributed by atoms with Crippen LogP contribution in [0.15, 0.2) is 18.2 Å². The Kier molecular flexibility index (Phi) is 15.4. The molecule has 29 heavy (non-hydrogen) atoms. The molecule has 0 unspecified atom stereocenters. The van der Waals surface area contributed by atoms with Crippen molar-refractivity contribution in [2.45, 2.75) is 110 Å². The van der Waals surface area contributed by atoms with Gasteiger partial charge in [0.2, 0.25) is 0 Å². The Balaban J connectivity index is 1.84. The molecule has 0 radical (unpaired) electrons. The van der Waals surface area contributed by atoms with Crippen molar-refractivity contribution in [1.29, 1.82) is 0 Å². The van der Waals surface area contributed by atoms with Crippen molar-refractivity contribution < 1.29 is 18.3 Å². The van der Waals surface area contributed by atoms with Crippen molar-refractivity contribution >= 4 is 5.97 Å². The Hall–Kier alpha value is -1.45. The molecule has 0 aromatic heterocycles. The van der Waals surface area contributed by atoms with Crippen LogP contribution >= 0.6 is 0 Å². The van der Waals surface area contributed by atoms with Gasteiger partial charge in [0, 0.05) is 0 Å². The summed E-state index contributed by atoms with van der Waals surface area (Å²) in [4.78, 5) is 11.7. The number of halogens is 2. The first kappa shape index (κ1) is 25.6. The minimum Gasteiger partial charge on any atom is -0.462 e. The Morgan fingerprint density at radius 1 is 0.724 bits per heavy atom. The maximum atomic E-state index is 13.5. The van der Waals surface area contributed by atoms with Gasteiger partial charge in [-0.2, -0.15) is 0 Å². The quantitative estimate of drug-likeness (QED) is 0.179. The molecule has 1 aromatic rings. The number of carbonyl (C=O) groups is 1. The van der Waals surface area contributed by atoms with Crippen molar-refractivity contribution in [3.05, 3.63) is 35.4 Å². The molecule has 2 nitrogen and oxygen atoms in total. The number of esters is 1. The van der Waals surface area contributed by atoms with Gasteiger partial charge in [0.05, 0.1) is 12.2 Å². The van der Waals surface area contributed by atoms with Crippen molar-refractivity contribution in [2.75, 3.05) is 6.61 Å².